The van der Waals surface area contributed by atoms with Crippen molar-refractivity contribution in [1.82, 2.24) is 24.8 Å². The summed E-state index contributed by atoms with van der Waals surface area (Å²) in [6.07, 6.45) is 5.30. The number of aromatic nitrogens is 3. The number of nitrogens with zero attached hydrogens (tertiary/aromatic N) is 3. The van der Waals surface area contributed by atoms with Crippen LogP contribution in [-0.2, 0) is 12.6 Å². The molecule has 1 saturated heterocycles. The zero-order valence-electron chi connectivity index (χ0n) is 28.9. The Morgan fingerprint density at radius 1 is 1.18 bits per heavy atom. The van der Waals surface area contributed by atoms with E-state index in [0.29, 0.717) is 78.2 Å². The van der Waals surface area contributed by atoms with Gasteiger partial charge in [0.25, 0.3) is 0 Å². The van der Waals surface area contributed by atoms with E-state index in [9.17, 15) is 22.4 Å². The second-order valence-electron chi connectivity index (χ2n) is 13.3. The SMILES string of the molecule is CSc1cc(-n2cc3cc(-c4cc(CCC[C@H](C)N)cc(C(F)(F)F)c4)[nH]c3nc2=O)ccc1[C@@H]1CCC[C@@H](CCNC(C)=N)N1CCCF. The summed E-state index contributed by atoms with van der Waals surface area (Å²) in [6, 6.07) is 12.0. The minimum absolute atomic E-state index is 0.0335. The first-order chi connectivity index (χ1) is 23.9. The summed E-state index contributed by atoms with van der Waals surface area (Å²) < 4.78 is 56.5. The molecule has 50 heavy (non-hydrogen) atoms. The standard InChI is InChI=1S/C37H47F4N7OS/c1-23(42)7-4-8-25-17-26(19-28(18-25)37(39,40)41)32-20-27-22-48(36(49)46-35(27)45-32)30-11-12-31(34(21-30)50-3)33-10-5-9-29(13-15-44-24(2)43)47(33)16-6-14-38/h11-12,17-23,29,33H,4-10,13-16,42H2,1-3H3,(H2,43,44)(H,45,46,49)/t23-,29-,33-/m0/s1. The Hall–Kier alpha value is -3.68. The molecule has 2 aromatic heterocycles. The summed E-state index contributed by atoms with van der Waals surface area (Å²) in [7, 11) is 0. The molecule has 13 heteroatoms. The van der Waals surface area contributed by atoms with Gasteiger partial charge in [-0.05, 0) is 125 Å². The van der Waals surface area contributed by atoms with E-state index >= 15 is 0 Å². The topological polar surface area (TPSA) is 116 Å². The lowest BCUT2D eigenvalue weighted by atomic mass is 9.89. The number of halogens is 4. The summed E-state index contributed by atoms with van der Waals surface area (Å²) in [5.74, 6) is 0.431. The molecule has 5 rings (SSSR count). The first kappa shape index (κ1) is 37.6. The first-order valence-corrected chi connectivity index (χ1v) is 18.5. The molecular weight excluding hydrogens is 667 g/mol. The van der Waals surface area contributed by atoms with Gasteiger partial charge in [0, 0.05) is 53.4 Å². The number of H-pyrrole nitrogens is 1. The number of thioether (sulfide) groups is 1. The maximum absolute atomic E-state index is 13.9. The van der Waals surface area contributed by atoms with Crippen LogP contribution < -0.4 is 16.7 Å². The maximum atomic E-state index is 13.9. The molecule has 270 valence electrons. The number of benzene rings is 2. The van der Waals surface area contributed by atoms with Crippen molar-refractivity contribution in [3.63, 3.8) is 0 Å². The monoisotopic (exact) mass is 713 g/mol. The Bertz CT molecular complexity index is 1840. The minimum atomic E-state index is -4.51. The zero-order valence-corrected chi connectivity index (χ0v) is 29.7. The lowest BCUT2D eigenvalue weighted by Gasteiger charge is -2.43. The molecule has 4 aromatic rings. The summed E-state index contributed by atoms with van der Waals surface area (Å²) >= 11 is 1.59. The van der Waals surface area contributed by atoms with Crippen molar-refractivity contribution in [1.29, 1.82) is 5.41 Å². The van der Waals surface area contributed by atoms with Gasteiger partial charge in [-0.25, -0.2) is 4.79 Å². The quantitative estimate of drug-likeness (QED) is 0.0456. The largest absolute Gasteiger partial charge is 0.416 e. The van der Waals surface area contributed by atoms with E-state index in [4.69, 9.17) is 11.1 Å². The highest BCUT2D eigenvalue weighted by atomic mass is 32.2. The molecule has 2 aromatic carbocycles. The number of alkyl halides is 4. The smallest absolute Gasteiger partial charge is 0.374 e. The van der Waals surface area contributed by atoms with Gasteiger partial charge in [0.2, 0.25) is 0 Å². The molecular formula is C37H47F4N7OS. The predicted molar refractivity (Wildman–Crippen MR) is 194 cm³/mol. The number of fused-ring (bicyclic) bond motifs is 1. The number of nitrogens with two attached hydrogens (primary N) is 1. The molecule has 0 unspecified atom stereocenters. The van der Waals surface area contributed by atoms with Gasteiger partial charge in [-0.2, -0.15) is 18.2 Å². The average molecular weight is 714 g/mol. The Balaban J connectivity index is 1.46. The lowest BCUT2D eigenvalue weighted by molar-refractivity contribution is -0.137. The number of aromatic amines is 1. The molecule has 0 amide bonds. The Labute approximate surface area is 294 Å². The van der Waals surface area contributed by atoms with Gasteiger partial charge in [-0.1, -0.05) is 6.07 Å². The molecule has 3 heterocycles. The molecule has 0 radical (unpaired) electrons. The van der Waals surface area contributed by atoms with Gasteiger partial charge in [-0.15, -0.1) is 11.8 Å². The van der Waals surface area contributed by atoms with Crippen LogP contribution in [0.4, 0.5) is 17.6 Å². The van der Waals surface area contributed by atoms with Crippen molar-refractivity contribution in [3.8, 4) is 16.9 Å². The normalized spacial score (nSPS) is 17.7. The fourth-order valence-electron chi connectivity index (χ4n) is 7.03. The van der Waals surface area contributed by atoms with E-state index in [1.165, 1.54) is 10.6 Å². The van der Waals surface area contributed by atoms with Crippen molar-refractivity contribution in [2.75, 3.05) is 26.0 Å². The third-order valence-electron chi connectivity index (χ3n) is 9.42. The van der Waals surface area contributed by atoms with Crippen LogP contribution >= 0.6 is 11.8 Å². The van der Waals surface area contributed by atoms with Crippen LogP contribution in [0, 0.1) is 5.41 Å². The number of amidine groups is 1. The first-order valence-electron chi connectivity index (χ1n) is 17.3. The summed E-state index contributed by atoms with van der Waals surface area (Å²) in [6.45, 7) is 4.55. The zero-order chi connectivity index (χ0) is 36.0. The number of likely N-dealkylation sites (tertiary alicyclic amines) is 1. The summed E-state index contributed by atoms with van der Waals surface area (Å²) in [5.41, 5.74) is 8.04. The van der Waals surface area contributed by atoms with Crippen LogP contribution in [0.3, 0.4) is 0 Å². The third kappa shape index (κ3) is 9.15. The Morgan fingerprint density at radius 3 is 2.68 bits per heavy atom. The molecule has 0 aliphatic carbocycles. The predicted octanol–water partition coefficient (Wildman–Crippen LogP) is 8.02. The molecule has 1 aliphatic rings. The average Bonchev–Trinajstić information content (AvgIpc) is 3.49. The molecule has 0 bridgehead atoms. The van der Waals surface area contributed by atoms with Gasteiger partial charge in [0.05, 0.1) is 23.8 Å². The molecule has 5 N–H and O–H groups in total. The molecule has 8 nitrogen and oxygen atoms in total. The molecule has 1 aliphatic heterocycles. The highest BCUT2D eigenvalue weighted by molar-refractivity contribution is 7.98. The second kappa shape index (κ2) is 16.6. The van der Waals surface area contributed by atoms with E-state index in [0.717, 1.165) is 42.2 Å². The lowest BCUT2D eigenvalue weighted by Crippen LogP contribution is -2.44. The molecule has 3 atom stereocenters. The Morgan fingerprint density at radius 2 is 1.98 bits per heavy atom. The third-order valence-corrected chi connectivity index (χ3v) is 10.2. The maximum Gasteiger partial charge on any atom is 0.416 e. The molecule has 1 fully saturated rings. The fourth-order valence-corrected chi connectivity index (χ4v) is 7.71. The van der Waals surface area contributed by atoms with Crippen LogP contribution in [0.5, 0.6) is 0 Å². The van der Waals surface area contributed by atoms with E-state index in [1.807, 2.05) is 31.4 Å². The van der Waals surface area contributed by atoms with Crippen LogP contribution in [-0.4, -0.2) is 63.4 Å². The van der Waals surface area contributed by atoms with Gasteiger partial charge >= 0.3 is 11.9 Å². The number of aryl methyl sites for hydroxylation is 1. The minimum Gasteiger partial charge on any atom is -0.374 e. The molecule has 0 saturated carbocycles. The second-order valence-corrected chi connectivity index (χ2v) is 14.2. The van der Waals surface area contributed by atoms with Crippen molar-refractivity contribution < 1.29 is 17.6 Å². The van der Waals surface area contributed by atoms with Crippen molar-refractivity contribution in [2.24, 2.45) is 5.73 Å². The summed E-state index contributed by atoms with van der Waals surface area (Å²) in [5, 5.41) is 11.4. The Kier molecular flexibility index (Phi) is 12.4. The summed E-state index contributed by atoms with van der Waals surface area (Å²) in [4.78, 5) is 24.1. The highest BCUT2D eigenvalue weighted by Gasteiger charge is 2.33. The van der Waals surface area contributed by atoms with Crippen LogP contribution in [0.25, 0.3) is 28.0 Å². The fraction of sp³-hybridized carbons (Fsp3) is 0.486. The van der Waals surface area contributed by atoms with Gasteiger partial charge in [0.15, 0.2) is 0 Å². The van der Waals surface area contributed by atoms with Crippen LogP contribution in [0.2, 0.25) is 0 Å². The van der Waals surface area contributed by atoms with Crippen molar-refractivity contribution >= 4 is 28.6 Å². The number of nitrogens with one attached hydrogen (secondary N) is 3. The van der Waals surface area contributed by atoms with Crippen molar-refractivity contribution in [2.45, 2.75) is 94.4 Å². The van der Waals surface area contributed by atoms with Crippen LogP contribution in [0.15, 0.2) is 58.4 Å². The number of hydrogen-bond acceptors (Lipinski definition) is 6. The van der Waals surface area contributed by atoms with E-state index < -0.39 is 17.4 Å². The number of rotatable bonds is 14. The van der Waals surface area contributed by atoms with E-state index in [2.05, 4.69) is 20.2 Å². The van der Waals surface area contributed by atoms with Gasteiger partial charge < -0.3 is 16.0 Å². The van der Waals surface area contributed by atoms with Gasteiger partial charge in [0.1, 0.15) is 5.65 Å². The number of hydrogen-bond donors (Lipinski definition) is 4. The van der Waals surface area contributed by atoms with Gasteiger partial charge in [-0.3, -0.25) is 19.3 Å². The number of piperidine rings is 1. The van der Waals surface area contributed by atoms with E-state index in [1.54, 1.807) is 37.0 Å². The van der Waals surface area contributed by atoms with Crippen molar-refractivity contribution in [3.05, 3.63) is 75.8 Å². The van der Waals surface area contributed by atoms with E-state index in [-0.39, 0.29) is 24.8 Å². The highest BCUT2D eigenvalue weighted by Crippen LogP contribution is 2.40. The molecule has 0 spiro atoms. The van der Waals surface area contributed by atoms with Crippen LogP contribution in [0.1, 0.15) is 81.5 Å².